The number of carbonyl (C=O) groups is 3. The molecule has 2 N–H and O–H groups in total. The highest BCUT2D eigenvalue weighted by molar-refractivity contribution is 6.36. The SMILES string of the molecule is CCC(=O)C(=O)NCC(=O)O. The Balaban J connectivity index is 3.70. The number of carboxylic acids is 1. The van der Waals surface area contributed by atoms with Gasteiger partial charge < -0.3 is 10.4 Å². The lowest BCUT2D eigenvalue weighted by Crippen LogP contribution is -2.34. The van der Waals surface area contributed by atoms with Gasteiger partial charge in [-0.05, 0) is 0 Å². The number of amides is 1. The molecule has 0 aromatic heterocycles. The summed E-state index contributed by atoms with van der Waals surface area (Å²) in [6, 6.07) is 0. The van der Waals surface area contributed by atoms with E-state index in [0.717, 1.165) is 0 Å². The van der Waals surface area contributed by atoms with Gasteiger partial charge in [-0.1, -0.05) is 6.92 Å². The molecule has 0 saturated heterocycles. The Morgan fingerprint density at radius 1 is 1.36 bits per heavy atom. The summed E-state index contributed by atoms with van der Waals surface area (Å²) in [5, 5.41) is 10.0. The van der Waals surface area contributed by atoms with Crippen molar-refractivity contribution in [3.63, 3.8) is 0 Å². The largest absolute Gasteiger partial charge is 0.480 e. The van der Waals surface area contributed by atoms with Gasteiger partial charge in [-0.2, -0.15) is 0 Å². The Morgan fingerprint density at radius 2 is 1.91 bits per heavy atom. The third kappa shape index (κ3) is 4.07. The minimum absolute atomic E-state index is 0.0887. The van der Waals surface area contributed by atoms with Crippen molar-refractivity contribution < 1.29 is 19.5 Å². The normalized spacial score (nSPS) is 8.82. The van der Waals surface area contributed by atoms with Gasteiger partial charge in [-0.3, -0.25) is 14.4 Å². The lowest BCUT2D eigenvalue weighted by Gasteiger charge is -1.97. The van der Waals surface area contributed by atoms with E-state index in [-0.39, 0.29) is 6.42 Å². The van der Waals surface area contributed by atoms with E-state index in [1.54, 1.807) is 0 Å². The van der Waals surface area contributed by atoms with Crippen LogP contribution in [0.4, 0.5) is 0 Å². The van der Waals surface area contributed by atoms with E-state index in [1.807, 2.05) is 5.32 Å². The topological polar surface area (TPSA) is 83.5 Å². The van der Waals surface area contributed by atoms with Gasteiger partial charge in [0.25, 0.3) is 5.91 Å². The molecule has 1 amide bonds. The smallest absolute Gasteiger partial charge is 0.322 e. The zero-order valence-corrected chi connectivity index (χ0v) is 6.09. The van der Waals surface area contributed by atoms with Crippen LogP contribution in [0.1, 0.15) is 13.3 Å². The van der Waals surface area contributed by atoms with Crippen molar-refractivity contribution in [2.45, 2.75) is 13.3 Å². The molecule has 0 aromatic carbocycles. The number of ketones is 1. The van der Waals surface area contributed by atoms with Gasteiger partial charge >= 0.3 is 5.97 Å². The van der Waals surface area contributed by atoms with Crippen molar-refractivity contribution in [3.8, 4) is 0 Å². The molecule has 0 aliphatic rings. The minimum Gasteiger partial charge on any atom is -0.480 e. The summed E-state index contributed by atoms with van der Waals surface area (Å²) in [7, 11) is 0. The van der Waals surface area contributed by atoms with Crippen LogP contribution in [0, 0.1) is 0 Å². The van der Waals surface area contributed by atoms with Gasteiger partial charge in [0.05, 0.1) is 0 Å². The van der Waals surface area contributed by atoms with Gasteiger partial charge in [-0.15, -0.1) is 0 Å². The maximum atomic E-state index is 10.6. The Kier molecular flexibility index (Phi) is 3.87. The predicted molar refractivity (Wildman–Crippen MR) is 35.9 cm³/mol. The zero-order chi connectivity index (χ0) is 8.85. The summed E-state index contributed by atoms with van der Waals surface area (Å²) >= 11 is 0. The van der Waals surface area contributed by atoms with Crippen molar-refractivity contribution in [1.29, 1.82) is 0 Å². The van der Waals surface area contributed by atoms with Crippen molar-refractivity contribution in [2.24, 2.45) is 0 Å². The quantitative estimate of drug-likeness (QED) is 0.524. The van der Waals surface area contributed by atoms with E-state index < -0.39 is 24.2 Å². The van der Waals surface area contributed by atoms with E-state index in [9.17, 15) is 14.4 Å². The second-order valence-electron chi connectivity index (χ2n) is 1.85. The summed E-state index contributed by atoms with van der Waals surface area (Å²) in [5.74, 6) is -2.61. The third-order valence-electron chi connectivity index (χ3n) is 0.975. The maximum Gasteiger partial charge on any atom is 0.322 e. The van der Waals surface area contributed by atoms with Crippen LogP contribution >= 0.6 is 0 Å². The van der Waals surface area contributed by atoms with Crippen LogP contribution < -0.4 is 5.32 Å². The molecule has 5 nitrogen and oxygen atoms in total. The van der Waals surface area contributed by atoms with Crippen LogP contribution in [0.3, 0.4) is 0 Å². The number of hydrogen-bond acceptors (Lipinski definition) is 3. The average molecular weight is 159 g/mol. The highest BCUT2D eigenvalue weighted by atomic mass is 16.4. The second kappa shape index (κ2) is 4.43. The Bertz CT molecular complexity index is 187. The molecule has 0 spiro atoms. The molecule has 0 aromatic rings. The number of nitrogens with one attached hydrogen (secondary N) is 1. The first-order valence-corrected chi connectivity index (χ1v) is 3.10. The fourth-order valence-corrected chi connectivity index (χ4v) is 0.415. The standard InChI is InChI=1S/C6H9NO4/c1-2-4(8)6(11)7-3-5(9)10/h2-3H2,1H3,(H,7,11)(H,9,10). The number of aliphatic carboxylic acids is 1. The molecule has 0 radical (unpaired) electrons. The molecule has 62 valence electrons. The fraction of sp³-hybridized carbons (Fsp3) is 0.500. The van der Waals surface area contributed by atoms with Gasteiger partial charge in [0.1, 0.15) is 6.54 Å². The summed E-state index contributed by atoms with van der Waals surface area (Å²) in [5.41, 5.74) is 0. The molecule has 0 aliphatic heterocycles. The molecule has 0 bridgehead atoms. The number of Topliss-reactive ketones (excluding diaryl/α,β-unsaturated/α-hetero) is 1. The van der Waals surface area contributed by atoms with Gasteiger partial charge in [0.2, 0.25) is 5.78 Å². The Labute approximate surface area is 63.4 Å². The highest BCUT2D eigenvalue weighted by Crippen LogP contribution is 1.79. The molecule has 0 rings (SSSR count). The first kappa shape index (κ1) is 9.61. The van der Waals surface area contributed by atoms with Crippen molar-refractivity contribution in [3.05, 3.63) is 0 Å². The van der Waals surface area contributed by atoms with Crippen LogP contribution in [-0.2, 0) is 14.4 Å². The molecule has 11 heavy (non-hydrogen) atoms. The molecular weight excluding hydrogens is 150 g/mol. The van der Waals surface area contributed by atoms with Gasteiger partial charge in [0.15, 0.2) is 0 Å². The monoisotopic (exact) mass is 159 g/mol. The summed E-state index contributed by atoms with van der Waals surface area (Å²) in [6.07, 6.45) is 0.0887. The van der Waals surface area contributed by atoms with E-state index in [1.165, 1.54) is 6.92 Å². The molecular formula is C6H9NO4. The van der Waals surface area contributed by atoms with E-state index in [0.29, 0.717) is 0 Å². The summed E-state index contributed by atoms with van der Waals surface area (Å²) < 4.78 is 0. The fourth-order valence-electron chi connectivity index (χ4n) is 0.415. The van der Waals surface area contributed by atoms with Crippen molar-refractivity contribution >= 4 is 17.7 Å². The lowest BCUT2D eigenvalue weighted by atomic mass is 10.3. The van der Waals surface area contributed by atoms with Gasteiger partial charge in [0, 0.05) is 6.42 Å². The number of carbonyl (C=O) groups excluding carboxylic acids is 2. The van der Waals surface area contributed by atoms with Crippen LogP contribution in [0.25, 0.3) is 0 Å². The van der Waals surface area contributed by atoms with E-state index in [2.05, 4.69) is 0 Å². The number of hydrogen-bond donors (Lipinski definition) is 2. The Morgan fingerprint density at radius 3 is 2.27 bits per heavy atom. The van der Waals surface area contributed by atoms with Crippen LogP contribution in [0.5, 0.6) is 0 Å². The van der Waals surface area contributed by atoms with Crippen LogP contribution in [0.15, 0.2) is 0 Å². The molecule has 0 aliphatic carbocycles. The van der Waals surface area contributed by atoms with Crippen LogP contribution in [0.2, 0.25) is 0 Å². The van der Waals surface area contributed by atoms with Crippen LogP contribution in [-0.4, -0.2) is 29.3 Å². The summed E-state index contributed by atoms with van der Waals surface area (Å²) in [6.45, 7) is 1.02. The molecule has 0 saturated carbocycles. The molecule has 0 atom stereocenters. The first-order valence-electron chi connectivity index (χ1n) is 3.10. The summed E-state index contributed by atoms with van der Waals surface area (Å²) in [4.78, 5) is 31.0. The molecule has 0 unspecified atom stereocenters. The van der Waals surface area contributed by atoms with E-state index in [4.69, 9.17) is 5.11 Å². The minimum atomic E-state index is -1.16. The van der Waals surface area contributed by atoms with Crippen molar-refractivity contribution in [2.75, 3.05) is 6.54 Å². The maximum absolute atomic E-state index is 10.6. The molecule has 0 fully saturated rings. The predicted octanol–water partition coefficient (Wildman–Crippen LogP) is -0.834. The van der Waals surface area contributed by atoms with E-state index >= 15 is 0 Å². The van der Waals surface area contributed by atoms with Crippen molar-refractivity contribution in [1.82, 2.24) is 5.32 Å². The molecule has 5 heteroatoms. The number of rotatable bonds is 4. The highest BCUT2D eigenvalue weighted by Gasteiger charge is 2.10. The van der Waals surface area contributed by atoms with Gasteiger partial charge in [-0.25, -0.2) is 0 Å². The zero-order valence-electron chi connectivity index (χ0n) is 6.09. The first-order chi connectivity index (χ1) is 5.07. The average Bonchev–Trinajstić information content (AvgIpc) is 1.98. The lowest BCUT2D eigenvalue weighted by molar-refractivity contribution is -0.141. The molecule has 0 heterocycles. The third-order valence-corrected chi connectivity index (χ3v) is 0.975. The number of carboxylic acid groups (broad SMARTS) is 1. The Hall–Kier alpha value is -1.39. The second-order valence-corrected chi connectivity index (χ2v) is 1.85.